The Hall–Kier alpha value is -1.80. The van der Waals surface area contributed by atoms with Crippen LogP contribution in [0.15, 0.2) is 12.1 Å². The molecule has 1 amide bonds. The molecular formula is C13H20F2N4O2. The number of aryl methyl sites for hydroxylation is 1. The third-order valence-electron chi connectivity index (χ3n) is 2.57. The number of nitrogens with zero attached hydrogens (tertiary/aromatic N) is 1. The first-order valence-electron chi connectivity index (χ1n) is 6.68. The van der Waals surface area contributed by atoms with Crippen molar-refractivity contribution in [3.63, 3.8) is 0 Å². The molecule has 0 saturated heterocycles. The number of nitrogens with two attached hydrogens (primary N) is 1. The van der Waals surface area contributed by atoms with Gasteiger partial charge in [0.25, 0.3) is 12.3 Å². The Morgan fingerprint density at radius 2 is 2.24 bits per heavy atom. The van der Waals surface area contributed by atoms with Gasteiger partial charge in [0.2, 0.25) is 0 Å². The first-order chi connectivity index (χ1) is 10.1. The predicted molar refractivity (Wildman–Crippen MR) is 75.2 cm³/mol. The Morgan fingerprint density at radius 1 is 1.48 bits per heavy atom. The van der Waals surface area contributed by atoms with Crippen LogP contribution >= 0.6 is 0 Å². The minimum Gasteiger partial charge on any atom is -0.374 e. The summed E-state index contributed by atoms with van der Waals surface area (Å²) in [4.78, 5) is 16.2. The standard InChI is InChI=1S/C13H20F2N4O2/c1-2-3-10-6-9(7-12(18-10)19-16)13(20)17-4-5-21-8-11(14)15/h6-7,11H,2-5,8,16H2,1H3,(H,17,20)(H,18,19). The van der Waals surface area contributed by atoms with Crippen molar-refractivity contribution in [2.24, 2.45) is 5.84 Å². The highest BCUT2D eigenvalue weighted by Gasteiger charge is 2.09. The maximum atomic E-state index is 12.0. The highest BCUT2D eigenvalue weighted by molar-refractivity contribution is 5.95. The molecule has 0 aliphatic carbocycles. The maximum absolute atomic E-state index is 12.0. The van der Waals surface area contributed by atoms with Crippen molar-refractivity contribution >= 4 is 11.7 Å². The topological polar surface area (TPSA) is 89.3 Å². The molecule has 0 spiro atoms. The highest BCUT2D eigenvalue weighted by Crippen LogP contribution is 2.11. The molecule has 1 aromatic rings. The van der Waals surface area contributed by atoms with Crippen LogP contribution in [0.4, 0.5) is 14.6 Å². The van der Waals surface area contributed by atoms with E-state index in [2.05, 4.69) is 20.5 Å². The van der Waals surface area contributed by atoms with Crippen LogP contribution in [-0.4, -0.2) is 37.1 Å². The van der Waals surface area contributed by atoms with Crippen molar-refractivity contribution in [2.45, 2.75) is 26.2 Å². The molecule has 0 aliphatic heterocycles. The number of hydrogen-bond acceptors (Lipinski definition) is 5. The van der Waals surface area contributed by atoms with E-state index in [1.807, 2.05) is 6.92 Å². The fourth-order valence-corrected chi connectivity index (χ4v) is 1.69. The molecule has 0 fully saturated rings. The number of rotatable bonds is 9. The molecule has 21 heavy (non-hydrogen) atoms. The van der Waals surface area contributed by atoms with E-state index in [0.717, 1.165) is 18.5 Å². The first-order valence-corrected chi connectivity index (χ1v) is 6.68. The number of carbonyl (C=O) groups excluding carboxylic acids is 1. The van der Waals surface area contributed by atoms with Crippen molar-refractivity contribution in [3.05, 3.63) is 23.4 Å². The number of ether oxygens (including phenoxy) is 1. The van der Waals surface area contributed by atoms with Crippen molar-refractivity contribution < 1.29 is 18.3 Å². The second-order valence-electron chi connectivity index (χ2n) is 4.35. The number of alkyl halides is 2. The molecule has 6 nitrogen and oxygen atoms in total. The number of carbonyl (C=O) groups is 1. The molecule has 0 aliphatic rings. The number of amides is 1. The van der Waals surface area contributed by atoms with Gasteiger partial charge in [0.15, 0.2) is 0 Å². The summed E-state index contributed by atoms with van der Waals surface area (Å²) in [5.74, 6) is 5.39. The summed E-state index contributed by atoms with van der Waals surface area (Å²) in [6.07, 6.45) is -0.882. The lowest BCUT2D eigenvalue weighted by molar-refractivity contribution is 0.0188. The van der Waals surface area contributed by atoms with Gasteiger partial charge in [-0.15, -0.1) is 0 Å². The zero-order chi connectivity index (χ0) is 15.7. The Morgan fingerprint density at radius 3 is 2.86 bits per heavy atom. The summed E-state index contributed by atoms with van der Waals surface area (Å²) < 4.78 is 28.4. The van der Waals surface area contributed by atoms with Crippen LogP contribution in [0.5, 0.6) is 0 Å². The highest BCUT2D eigenvalue weighted by atomic mass is 19.3. The van der Waals surface area contributed by atoms with Gasteiger partial charge in [-0.25, -0.2) is 19.6 Å². The fourth-order valence-electron chi connectivity index (χ4n) is 1.69. The molecule has 0 unspecified atom stereocenters. The zero-order valence-electron chi connectivity index (χ0n) is 11.9. The lowest BCUT2D eigenvalue weighted by Crippen LogP contribution is -2.28. The van der Waals surface area contributed by atoms with Gasteiger partial charge in [-0.2, -0.15) is 0 Å². The molecule has 0 bridgehead atoms. The Labute approximate surface area is 122 Å². The van der Waals surface area contributed by atoms with E-state index in [1.165, 1.54) is 6.07 Å². The Balaban J connectivity index is 2.54. The molecule has 1 heterocycles. The molecule has 0 radical (unpaired) electrons. The monoisotopic (exact) mass is 302 g/mol. The van der Waals surface area contributed by atoms with E-state index in [9.17, 15) is 13.6 Å². The van der Waals surface area contributed by atoms with E-state index in [-0.39, 0.29) is 19.1 Å². The number of nitrogens with one attached hydrogen (secondary N) is 2. The second-order valence-corrected chi connectivity index (χ2v) is 4.35. The van der Waals surface area contributed by atoms with E-state index in [4.69, 9.17) is 5.84 Å². The van der Waals surface area contributed by atoms with Gasteiger partial charge in [-0.1, -0.05) is 13.3 Å². The van der Waals surface area contributed by atoms with Gasteiger partial charge in [0, 0.05) is 17.8 Å². The molecule has 118 valence electrons. The largest absolute Gasteiger partial charge is 0.374 e. The van der Waals surface area contributed by atoms with Gasteiger partial charge >= 0.3 is 0 Å². The number of nitrogen functional groups attached to an aromatic ring is 1. The average Bonchev–Trinajstić information content (AvgIpc) is 2.46. The molecule has 0 saturated carbocycles. The number of aromatic nitrogens is 1. The normalized spacial score (nSPS) is 10.7. The van der Waals surface area contributed by atoms with Gasteiger partial charge in [-0.3, -0.25) is 4.79 Å². The van der Waals surface area contributed by atoms with E-state index in [0.29, 0.717) is 11.4 Å². The third kappa shape index (κ3) is 6.46. The number of hydrogen-bond donors (Lipinski definition) is 3. The summed E-state index contributed by atoms with van der Waals surface area (Å²) in [6.45, 7) is 1.56. The summed E-state index contributed by atoms with van der Waals surface area (Å²) in [7, 11) is 0. The van der Waals surface area contributed by atoms with E-state index in [1.54, 1.807) is 6.07 Å². The summed E-state index contributed by atoms with van der Waals surface area (Å²) in [5.41, 5.74) is 3.58. The smallest absolute Gasteiger partial charge is 0.261 e. The molecule has 0 atom stereocenters. The van der Waals surface area contributed by atoms with E-state index < -0.39 is 13.0 Å². The molecule has 4 N–H and O–H groups in total. The summed E-state index contributed by atoms with van der Waals surface area (Å²) in [6, 6.07) is 3.20. The van der Waals surface area contributed by atoms with Crippen LogP contribution in [0.25, 0.3) is 0 Å². The van der Waals surface area contributed by atoms with Crippen LogP contribution in [0.2, 0.25) is 0 Å². The quantitative estimate of drug-likeness (QED) is 0.364. The minimum atomic E-state index is -2.50. The van der Waals surface area contributed by atoms with E-state index >= 15 is 0 Å². The summed E-state index contributed by atoms with van der Waals surface area (Å²) in [5, 5.41) is 2.59. The van der Waals surface area contributed by atoms with Gasteiger partial charge in [0.1, 0.15) is 12.4 Å². The fraction of sp³-hybridized carbons (Fsp3) is 0.538. The number of halogens is 2. The lowest BCUT2D eigenvalue weighted by Gasteiger charge is -2.09. The molecule has 8 heteroatoms. The van der Waals surface area contributed by atoms with Crippen LogP contribution in [0.1, 0.15) is 29.4 Å². The molecular weight excluding hydrogens is 282 g/mol. The number of anilines is 1. The SMILES string of the molecule is CCCc1cc(C(=O)NCCOCC(F)F)cc(NN)n1. The maximum Gasteiger partial charge on any atom is 0.261 e. The van der Waals surface area contributed by atoms with Gasteiger partial charge in [-0.05, 0) is 18.6 Å². The zero-order valence-corrected chi connectivity index (χ0v) is 11.9. The molecule has 1 rings (SSSR count). The molecule has 0 aromatic carbocycles. The lowest BCUT2D eigenvalue weighted by atomic mass is 10.1. The predicted octanol–water partition coefficient (Wildman–Crippen LogP) is 1.33. The number of pyridine rings is 1. The van der Waals surface area contributed by atoms with Crippen LogP contribution in [0, 0.1) is 0 Å². The Kier molecular flexibility index (Phi) is 7.55. The number of hydrazine groups is 1. The van der Waals surface area contributed by atoms with Crippen LogP contribution < -0.4 is 16.6 Å². The van der Waals surface area contributed by atoms with Gasteiger partial charge in [0.05, 0.1) is 6.61 Å². The second kappa shape index (κ2) is 9.19. The van der Waals surface area contributed by atoms with Crippen molar-refractivity contribution in [1.29, 1.82) is 0 Å². The Bertz CT molecular complexity index is 458. The van der Waals surface area contributed by atoms with Crippen molar-refractivity contribution in [1.82, 2.24) is 10.3 Å². The first kappa shape index (κ1) is 17.3. The van der Waals surface area contributed by atoms with Crippen LogP contribution in [0.3, 0.4) is 0 Å². The summed E-state index contributed by atoms with van der Waals surface area (Å²) >= 11 is 0. The minimum absolute atomic E-state index is 0.0327. The van der Waals surface area contributed by atoms with Crippen molar-refractivity contribution in [2.75, 3.05) is 25.2 Å². The van der Waals surface area contributed by atoms with Crippen LogP contribution in [-0.2, 0) is 11.2 Å². The molecule has 1 aromatic heterocycles. The average molecular weight is 302 g/mol. The van der Waals surface area contributed by atoms with Crippen molar-refractivity contribution in [3.8, 4) is 0 Å². The van der Waals surface area contributed by atoms with Gasteiger partial charge < -0.3 is 15.5 Å². The third-order valence-corrected chi connectivity index (χ3v) is 2.57.